The zero-order valence-electron chi connectivity index (χ0n) is 18.7. The minimum Gasteiger partial charge on any atom is -0.494 e. The number of nitrogens with zero attached hydrogens (tertiary/aromatic N) is 3. The second-order valence-electron chi connectivity index (χ2n) is 7.98. The van der Waals surface area contributed by atoms with Crippen LogP contribution in [0.2, 0.25) is 5.02 Å². The van der Waals surface area contributed by atoms with E-state index in [1.165, 1.54) is 4.90 Å². The molecule has 0 radical (unpaired) electrons. The summed E-state index contributed by atoms with van der Waals surface area (Å²) >= 11 is 6.31. The van der Waals surface area contributed by atoms with E-state index in [0.29, 0.717) is 47.2 Å². The molecule has 2 heterocycles. The van der Waals surface area contributed by atoms with Crippen LogP contribution in [0.5, 0.6) is 5.75 Å². The maximum atomic E-state index is 13.6. The van der Waals surface area contributed by atoms with Crippen LogP contribution in [-0.4, -0.2) is 60.9 Å². The Hall–Kier alpha value is -2.83. The molecule has 2 aliphatic heterocycles. The molecule has 0 saturated carbocycles. The smallest absolute Gasteiger partial charge is 0.282 e. The highest BCUT2D eigenvalue weighted by Gasteiger charge is 2.43. The van der Waals surface area contributed by atoms with Crippen molar-refractivity contribution in [3.8, 4) is 5.75 Å². The van der Waals surface area contributed by atoms with Crippen molar-refractivity contribution in [2.24, 2.45) is 0 Å². The third kappa shape index (κ3) is 4.12. The van der Waals surface area contributed by atoms with Crippen LogP contribution in [0.15, 0.2) is 48.2 Å². The third-order valence-electron chi connectivity index (χ3n) is 6.06. The molecule has 168 valence electrons. The molecule has 7 heteroatoms. The maximum Gasteiger partial charge on any atom is 0.282 e. The first-order chi connectivity index (χ1) is 15.4. The van der Waals surface area contributed by atoms with Gasteiger partial charge in [0.05, 0.1) is 17.9 Å². The Kier molecular flexibility index (Phi) is 6.53. The number of amides is 2. The number of rotatable bonds is 6. The number of halogens is 1. The number of likely N-dealkylation sites (N-methyl/N-ethyl adjacent to an activating group) is 1. The van der Waals surface area contributed by atoms with E-state index in [2.05, 4.69) is 11.8 Å². The van der Waals surface area contributed by atoms with Gasteiger partial charge in [0.25, 0.3) is 11.8 Å². The van der Waals surface area contributed by atoms with Gasteiger partial charge >= 0.3 is 0 Å². The Morgan fingerprint density at radius 3 is 2.22 bits per heavy atom. The van der Waals surface area contributed by atoms with Gasteiger partial charge in [-0.25, -0.2) is 4.90 Å². The number of imide groups is 1. The molecule has 6 nitrogen and oxygen atoms in total. The van der Waals surface area contributed by atoms with Crippen molar-refractivity contribution in [1.29, 1.82) is 0 Å². The molecule has 2 aromatic carbocycles. The Balaban J connectivity index is 1.76. The third-order valence-corrected chi connectivity index (χ3v) is 6.47. The van der Waals surface area contributed by atoms with E-state index < -0.39 is 0 Å². The monoisotopic (exact) mass is 453 g/mol. The summed E-state index contributed by atoms with van der Waals surface area (Å²) in [6.45, 7) is 10.6. The number of carbonyl (C=O) groups is 2. The van der Waals surface area contributed by atoms with Gasteiger partial charge in [-0.2, -0.15) is 0 Å². The molecule has 2 aromatic rings. The number of hydrogen-bond donors (Lipinski definition) is 0. The molecule has 0 N–H and O–H groups in total. The van der Waals surface area contributed by atoms with Crippen molar-refractivity contribution < 1.29 is 14.3 Å². The molecule has 0 spiro atoms. The lowest BCUT2D eigenvalue weighted by atomic mass is 10.0. The summed E-state index contributed by atoms with van der Waals surface area (Å²) in [5.74, 6) is 0.102. The molecule has 2 aliphatic rings. The molecule has 1 saturated heterocycles. The van der Waals surface area contributed by atoms with E-state index in [4.69, 9.17) is 16.3 Å². The Labute approximate surface area is 194 Å². The van der Waals surface area contributed by atoms with E-state index in [1.807, 2.05) is 49.1 Å². The molecule has 0 aromatic heterocycles. The van der Waals surface area contributed by atoms with Crippen LogP contribution in [-0.2, 0) is 9.59 Å². The van der Waals surface area contributed by atoms with Gasteiger partial charge in [0.15, 0.2) is 0 Å². The van der Waals surface area contributed by atoms with Crippen LogP contribution < -0.4 is 9.64 Å². The number of ether oxygens (including phenoxy) is 1. The molecule has 4 rings (SSSR count). The molecule has 0 aliphatic carbocycles. The zero-order chi connectivity index (χ0) is 22.8. The van der Waals surface area contributed by atoms with Crippen LogP contribution >= 0.6 is 11.6 Å². The number of benzene rings is 2. The van der Waals surface area contributed by atoms with Gasteiger partial charge in [-0.15, -0.1) is 0 Å². The normalized spacial score (nSPS) is 17.5. The molecule has 1 fully saturated rings. The number of anilines is 1. The minimum absolute atomic E-state index is 0.302. The number of piperazine rings is 1. The lowest BCUT2D eigenvalue weighted by Crippen LogP contribution is -2.47. The predicted octanol–water partition coefficient (Wildman–Crippen LogP) is 3.97. The average molecular weight is 454 g/mol. The molecule has 0 unspecified atom stereocenters. The average Bonchev–Trinajstić information content (AvgIpc) is 3.06. The number of aryl methyl sites for hydroxylation is 1. The molecular formula is C25H28ClN3O3. The van der Waals surface area contributed by atoms with Gasteiger partial charge in [0.2, 0.25) is 0 Å². The first-order valence-corrected chi connectivity index (χ1v) is 11.4. The number of carbonyl (C=O) groups excluding carboxylic acids is 2. The summed E-state index contributed by atoms with van der Waals surface area (Å²) in [6.07, 6.45) is 0. The summed E-state index contributed by atoms with van der Waals surface area (Å²) in [5, 5.41) is 0.524. The Morgan fingerprint density at radius 2 is 1.62 bits per heavy atom. The topological polar surface area (TPSA) is 53.1 Å². The Bertz CT molecular complexity index is 1060. The van der Waals surface area contributed by atoms with Crippen LogP contribution in [0.3, 0.4) is 0 Å². The second-order valence-corrected chi connectivity index (χ2v) is 8.39. The van der Waals surface area contributed by atoms with Crippen molar-refractivity contribution in [1.82, 2.24) is 9.80 Å². The van der Waals surface area contributed by atoms with E-state index in [-0.39, 0.29) is 11.8 Å². The SMILES string of the molecule is CCOc1ccc(C2=C(N3CCN(CC)CC3)C(=O)N(c3ccc(C)c(Cl)c3)C2=O)cc1. The van der Waals surface area contributed by atoms with Gasteiger partial charge in [-0.05, 0) is 55.8 Å². The summed E-state index contributed by atoms with van der Waals surface area (Å²) < 4.78 is 5.54. The summed E-state index contributed by atoms with van der Waals surface area (Å²) in [7, 11) is 0. The lowest BCUT2D eigenvalue weighted by Gasteiger charge is -2.36. The maximum absolute atomic E-state index is 13.6. The van der Waals surface area contributed by atoms with Gasteiger partial charge < -0.3 is 14.5 Å². The van der Waals surface area contributed by atoms with E-state index in [0.717, 1.165) is 30.9 Å². The Morgan fingerprint density at radius 1 is 0.938 bits per heavy atom. The van der Waals surface area contributed by atoms with Gasteiger partial charge in [0.1, 0.15) is 11.4 Å². The summed E-state index contributed by atoms with van der Waals surface area (Å²) in [5.41, 5.74) is 2.98. The highest BCUT2D eigenvalue weighted by atomic mass is 35.5. The fourth-order valence-corrected chi connectivity index (χ4v) is 4.37. The molecule has 32 heavy (non-hydrogen) atoms. The highest BCUT2D eigenvalue weighted by molar-refractivity contribution is 6.45. The van der Waals surface area contributed by atoms with Gasteiger partial charge in [-0.1, -0.05) is 36.7 Å². The van der Waals surface area contributed by atoms with Crippen LogP contribution in [0, 0.1) is 6.92 Å². The zero-order valence-corrected chi connectivity index (χ0v) is 19.5. The van der Waals surface area contributed by atoms with Gasteiger partial charge in [-0.3, -0.25) is 9.59 Å². The molecule has 0 atom stereocenters. The number of hydrogen-bond acceptors (Lipinski definition) is 5. The van der Waals surface area contributed by atoms with E-state index >= 15 is 0 Å². The van der Waals surface area contributed by atoms with Crippen molar-refractivity contribution in [3.05, 3.63) is 64.3 Å². The van der Waals surface area contributed by atoms with E-state index in [1.54, 1.807) is 12.1 Å². The quantitative estimate of drug-likeness (QED) is 0.619. The predicted molar refractivity (Wildman–Crippen MR) is 127 cm³/mol. The standard InChI is InChI=1S/C25H28ClN3O3/c1-4-27-12-14-28(15-13-27)23-22(18-7-10-20(11-8-18)32-5-2)24(30)29(25(23)31)19-9-6-17(3)21(26)16-19/h6-11,16H,4-5,12-15H2,1-3H3. The van der Waals surface area contributed by atoms with Crippen LogP contribution in [0.1, 0.15) is 25.0 Å². The van der Waals surface area contributed by atoms with Crippen molar-refractivity contribution in [3.63, 3.8) is 0 Å². The lowest BCUT2D eigenvalue weighted by molar-refractivity contribution is -0.120. The first kappa shape index (κ1) is 22.4. The van der Waals surface area contributed by atoms with Crippen molar-refractivity contribution in [2.75, 3.05) is 44.2 Å². The van der Waals surface area contributed by atoms with Crippen LogP contribution in [0.25, 0.3) is 5.57 Å². The summed E-state index contributed by atoms with van der Waals surface area (Å²) in [4.78, 5) is 32.9. The molecule has 0 bridgehead atoms. The van der Waals surface area contributed by atoms with Gasteiger partial charge in [0, 0.05) is 31.2 Å². The largest absolute Gasteiger partial charge is 0.494 e. The van der Waals surface area contributed by atoms with Crippen molar-refractivity contribution >= 4 is 34.7 Å². The fraction of sp³-hybridized carbons (Fsp3) is 0.360. The second kappa shape index (κ2) is 9.35. The van der Waals surface area contributed by atoms with Crippen molar-refractivity contribution in [2.45, 2.75) is 20.8 Å². The highest BCUT2D eigenvalue weighted by Crippen LogP contribution is 2.36. The first-order valence-electron chi connectivity index (χ1n) is 11.0. The van der Waals surface area contributed by atoms with E-state index in [9.17, 15) is 9.59 Å². The molecular weight excluding hydrogens is 426 g/mol. The van der Waals surface area contributed by atoms with Crippen LogP contribution in [0.4, 0.5) is 5.69 Å². The summed E-state index contributed by atoms with van der Waals surface area (Å²) in [6, 6.07) is 12.6. The minimum atomic E-state index is -0.327. The fourth-order valence-electron chi connectivity index (χ4n) is 4.20. The molecule has 2 amide bonds.